The minimum Gasteiger partial charge on any atom is -0.475 e. The lowest BCUT2D eigenvalue weighted by Crippen LogP contribution is -2.33. The first-order chi connectivity index (χ1) is 18.6. The minimum absolute atomic E-state index is 0.0502. The second kappa shape index (κ2) is 15.7. The Labute approximate surface area is 224 Å². The number of hydrogen-bond donors (Lipinski definition) is 3. The van der Waals surface area contributed by atoms with E-state index in [1.165, 1.54) is 28.9 Å². The Balaban J connectivity index is 0.00000101. The predicted molar refractivity (Wildman–Crippen MR) is 128 cm³/mol. The van der Waals surface area contributed by atoms with Gasteiger partial charge in [-0.1, -0.05) is 11.6 Å². The fourth-order valence-electron chi connectivity index (χ4n) is 2.99. The number of alkyl halides is 7. The third kappa shape index (κ3) is 12.4. The highest BCUT2D eigenvalue weighted by molar-refractivity contribution is 5.94. The topological polar surface area (TPSA) is 129 Å². The first kappa shape index (κ1) is 34.3. The maximum atomic E-state index is 12.6. The van der Waals surface area contributed by atoms with Crippen LogP contribution < -0.4 is 10.6 Å². The van der Waals surface area contributed by atoms with E-state index >= 15 is 0 Å². The SMILES string of the molecule is CN(C)CCNC(=O)c1nnn(-c2ccc(C(=O)NCC(F)(F)F)cc2)c1CCCCCF.O=C(O)C(F)(F)F. The van der Waals surface area contributed by atoms with Crippen LogP contribution in [0.25, 0.3) is 5.69 Å². The van der Waals surface area contributed by atoms with Gasteiger partial charge in [-0.3, -0.25) is 14.0 Å². The Bertz CT molecular complexity index is 1100. The number of likely N-dealkylation sites (N-methyl/N-ethyl adjacent to an activating group) is 1. The number of carboxylic acid groups (broad SMARTS) is 1. The molecule has 0 radical (unpaired) electrons. The fraction of sp³-hybridized carbons (Fsp3) is 0.522. The summed E-state index contributed by atoms with van der Waals surface area (Å²) in [6.07, 6.45) is -7.50. The van der Waals surface area contributed by atoms with Gasteiger partial charge in [0.2, 0.25) is 0 Å². The van der Waals surface area contributed by atoms with Crippen molar-refractivity contribution < 1.29 is 50.2 Å². The highest BCUT2D eigenvalue weighted by Crippen LogP contribution is 2.18. The fourth-order valence-corrected chi connectivity index (χ4v) is 2.99. The van der Waals surface area contributed by atoms with Crippen molar-refractivity contribution in [2.24, 2.45) is 0 Å². The third-order valence-corrected chi connectivity index (χ3v) is 4.94. The molecule has 2 aromatic rings. The molecule has 1 heterocycles. The lowest BCUT2D eigenvalue weighted by molar-refractivity contribution is -0.192. The maximum absolute atomic E-state index is 12.6. The molecule has 224 valence electrons. The first-order valence-corrected chi connectivity index (χ1v) is 11.8. The van der Waals surface area contributed by atoms with Crippen molar-refractivity contribution in [1.82, 2.24) is 30.5 Å². The van der Waals surface area contributed by atoms with Gasteiger partial charge >= 0.3 is 18.3 Å². The van der Waals surface area contributed by atoms with Gasteiger partial charge in [0.1, 0.15) is 6.54 Å². The lowest BCUT2D eigenvalue weighted by atomic mass is 10.1. The molecule has 1 aromatic carbocycles. The van der Waals surface area contributed by atoms with Gasteiger partial charge in [0.05, 0.1) is 18.1 Å². The van der Waals surface area contributed by atoms with E-state index in [-0.39, 0.29) is 17.2 Å². The zero-order valence-corrected chi connectivity index (χ0v) is 21.6. The summed E-state index contributed by atoms with van der Waals surface area (Å²) in [5, 5.41) is 19.8. The molecule has 0 atom stereocenters. The Morgan fingerprint density at radius 3 is 2.05 bits per heavy atom. The molecule has 0 aliphatic heterocycles. The number of benzene rings is 1. The van der Waals surface area contributed by atoms with E-state index in [4.69, 9.17) is 9.90 Å². The number of amides is 2. The molecule has 0 aliphatic carbocycles. The zero-order chi connectivity index (χ0) is 30.5. The monoisotopic (exact) mass is 586 g/mol. The van der Waals surface area contributed by atoms with Crippen molar-refractivity contribution in [3.8, 4) is 5.69 Å². The average molecular weight is 587 g/mol. The van der Waals surface area contributed by atoms with Crippen molar-refractivity contribution in [3.05, 3.63) is 41.2 Å². The van der Waals surface area contributed by atoms with Crippen molar-refractivity contribution in [3.63, 3.8) is 0 Å². The van der Waals surface area contributed by atoms with Crippen LogP contribution in [0.5, 0.6) is 0 Å². The summed E-state index contributed by atoms with van der Waals surface area (Å²) in [6, 6.07) is 5.75. The summed E-state index contributed by atoms with van der Waals surface area (Å²) < 4.78 is 82.6. The van der Waals surface area contributed by atoms with Crippen LogP contribution in [0.3, 0.4) is 0 Å². The maximum Gasteiger partial charge on any atom is 0.490 e. The Kier molecular flexibility index (Phi) is 13.5. The molecule has 1 aromatic heterocycles. The van der Waals surface area contributed by atoms with Gasteiger partial charge in [-0.2, -0.15) is 26.3 Å². The van der Waals surface area contributed by atoms with Gasteiger partial charge < -0.3 is 20.6 Å². The number of carboxylic acids is 1. The highest BCUT2D eigenvalue weighted by Gasteiger charge is 2.38. The lowest BCUT2D eigenvalue weighted by Gasteiger charge is -2.11. The predicted octanol–water partition coefficient (Wildman–Crippen LogP) is 3.17. The number of rotatable bonds is 12. The number of unbranched alkanes of at least 4 members (excludes halogenated alkanes) is 2. The standard InChI is InChI=1S/C21H28F4N6O2.C2HF3O2/c1-30(2)13-12-26-20(33)18-17(6-4-3-5-11-22)31(29-28-18)16-9-7-15(8-10-16)19(32)27-14-21(23,24)25;3-2(4,5)1(6)7/h7-10H,3-6,11-14H2,1-2H3,(H,26,33)(H,27,32);(H,6,7). The quantitative estimate of drug-likeness (QED) is 0.257. The molecule has 3 N–H and O–H groups in total. The number of nitrogens with one attached hydrogen (secondary N) is 2. The number of carbonyl (C=O) groups is 3. The van der Waals surface area contributed by atoms with Crippen LogP contribution in [0.2, 0.25) is 0 Å². The molecule has 17 heteroatoms. The highest BCUT2D eigenvalue weighted by atomic mass is 19.4. The molecular weight excluding hydrogens is 557 g/mol. The van der Waals surface area contributed by atoms with Crippen LogP contribution in [0.1, 0.15) is 45.8 Å². The van der Waals surface area contributed by atoms with E-state index in [0.717, 1.165) is 0 Å². The molecular formula is C23H29F7N6O4. The molecule has 0 aliphatic rings. The molecule has 0 saturated heterocycles. The van der Waals surface area contributed by atoms with E-state index in [2.05, 4.69) is 15.6 Å². The van der Waals surface area contributed by atoms with Crippen molar-refractivity contribution in [1.29, 1.82) is 0 Å². The molecule has 2 amide bonds. The molecule has 2 rings (SSSR count). The normalized spacial score (nSPS) is 11.6. The smallest absolute Gasteiger partial charge is 0.475 e. The molecule has 0 saturated carbocycles. The van der Waals surface area contributed by atoms with E-state index in [9.17, 15) is 40.3 Å². The minimum atomic E-state index is -5.08. The van der Waals surface area contributed by atoms with Crippen LogP contribution >= 0.6 is 0 Å². The van der Waals surface area contributed by atoms with Crippen molar-refractivity contribution in [2.45, 2.75) is 38.0 Å². The second-order valence-corrected chi connectivity index (χ2v) is 8.50. The summed E-state index contributed by atoms with van der Waals surface area (Å²) in [5.41, 5.74) is 1.23. The Morgan fingerprint density at radius 2 is 1.55 bits per heavy atom. The summed E-state index contributed by atoms with van der Waals surface area (Å²) in [4.78, 5) is 35.4. The second-order valence-electron chi connectivity index (χ2n) is 8.50. The third-order valence-electron chi connectivity index (χ3n) is 4.94. The zero-order valence-electron chi connectivity index (χ0n) is 21.6. The number of aromatic nitrogens is 3. The van der Waals surface area contributed by atoms with Crippen LogP contribution in [0, 0.1) is 0 Å². The summed E-state index contributed by atoms with van der Waals surface area (Å²) in [5.74, 6) is -4.00. The van der Waals surface area contributed by atoms with Gasteiger partial charge in [0.15, 0.2) is 5.69 Å². The van der Waals surface area contributed by atoms with Crippen LogP contribution in [0.15, 0.2) is 24.3 Å². The van der Waals surface area contributed by atoms with E-state index in [0.29, 0.717) is 50.2 Å². The van der Waals surface area contributed by atoms with E-state index in [1.807, 2.05) is 24.3 Å². The largest absolute Gasteiger partial charge is 0.490 e. The Morgan fingerprint density at radius 1 is 0.950 bits per heavy atom. The average Bonchev–Trinajstić information content (AvgIpc) is 3.28. The van der Waals surface area contributed by atoms with E-state index < -0.39 is 37.4 Å². The molecule has 0 bridgehead atoms. The van der Waals surface area contributed by atoms with Gasteiger partial charge in [-0.25, -0.2) is 9.48 Å². The van der Waals surface area contributed by atoms with Gasteiger partial charge in [-0.05, 0) is 57.6 Å². The molecule has 0 fully saturated rings. The molecule has 40 heavy (non-hydrogen) atoms. The first-order valence-electron chi connectivity index (χ1n) is 11.8. The van der Waals surface area contributed by atoms with Crippen molar-refractivity contribution in [2.75, 3.05) is 40.4 Å². The summed E-state index contributed by atoms with van der Waals surface area (Å²) >= 11 is 0. The number of halogens is 7. The number of carbonyl (C=O) groups excluding carboxylic acids is 2. The van der Waals surface area contributed by atoms with Crippen LogP contribution in [-0.2, 0) is 11.2 Å². The number of nitrogens with zero attached hydrogens (tertiary/aromatic N) is 4. The number of aliphatic carboxylic acids is 1. The van der Waals surface area contributed by atoms with Crippen LogP contribution in [0.4, 0.5) is 30.7 Å². The summed E-state index contributed by atoms with van der Waals surface area (Å²) in [7, 11) is 3.76. The molecule has 10 nitrogen and oxygen atoms in total. The van der Waals surface area contributed by atoms with Crippen LogP contribution in [-0.4, -0.2) is 95.5 Å². The van der Waals surface area contributed by atoms with E-state index in [1.54, 1.807) is 0 Å². The Hall–Kier alpha value is -3.76. The van der Waals surface area contributed by atoms with Gasteiger partial charge in [0.25, 0.3) is 11.8 Å². The van der Waals surface area contributed by atoms with Gasteiger partial charge in [-0.15, -0.1) is 5.10 Å². The molecule has 0 unspecified atom stereocenters. The number of hydrogen-bond acceptors (Lipinski definition) is 6. The summed E-state index contributed by atoms with van der Waals surface area (Å²) in [6.45, 7) is -0.787. The van der Waals surface area contributed by atoms with Gasteiger partial charge in [0, 0.05) is 18.7 Å². The molecule has 0 spiro atoms. The van der Waals surface area contributed by atoms with Crippen molar-refractivity contribution >= 4 is 17.8 Å².